The lowest BCUT2D eigenvalue weighted by Gasteiger charge is -2.22. The topological polar surface area (TPSA) is 59.6 Å². The maximum absolute atomic E-state index is 12.0. The first kappa shape index (κ1) is 18.6. The number of carbonyl (C=O) groups is 1. The fraction of sp³-hybridized carbons (Fsp3) is 0.562. The predicted molar refractivity (Wildman–Crippen MR) is 89.1 cm³/mol. The molecule has 1 unspecified atom stereocenters. The van der Waals surface area contributed by atoms with Gasteiger partial charge in [0, 0.05) is 6.54 Å². The minimum absolute atomic E-state index is 0. The molecule has 5 nitrogen and oxygen atoms in total. The Morgan fingerprint density at radius 2 is 2.14 bits per heavy atom. The van der Waals surface area contributed by atoms with Gasteiger partial charge in [-0.3, -0.25) is 4.79 Å². The van der Waals surface area contributed by atoms with Gasteiger partial charge in [-0.1, -0.05) is 6.42 Å². The quantitative estimate of drug-likeness (QED) is 0.837. The van der Waals surface area contributed by atoms with E-state index in [1.807, 2.05) is 18.2 Å². The Kier molecular flexibility index (Phi) is 8.06. The highest BCUT2D eigenvalue weighted by molar-refractivity contribution is 5.85. The van der Waals surface area contributed by atoms with Crippen LogP contribution in [0.15, 0.2) is 18.2 Å². The minimum atomic E-state index is -0.0362. The molecule has 124 valence electrons. The molecule has 1 aliphatic heterocycles. The third-order valence-electron chi connectivity index (χ3n) is 3.81. The second-order valence-electron chi connectivity index (χ2n) is 5.22. The lowest BCUT2D eigenvalue weighted by Crippen LogP contribution is -2.47. The number of benzene rings is 1. The van der Waals surface area contributed by atoms with Crippen LogP contribution in [0.1, 0.15) is 24.8 Å². The molecule has 2 rings (SSSR count). The van der Waals surface area contributed by atoms with Gasteiger partial charge in [0.1, 0.15) is 11.5 Å². The van der Waals surface area contributed by atoms with Crippen molar-refractivity contribution in [3.63, 3.8) is 0 Å². The van der Waals surface area contributed by atoms with E-state index in [1.54, 1.807) is 14.2 Å². The van der Waals surface area contributed by atoms with Crippen LogP contribution in [0, 0.1) is 0 Å². The summed E-state index contributed by atoms with van der Waals surface area (Å²) in [6.07, 6.45) is 3.92. The third-order valence-corrected chi connectivity index (χ3v) is 3.81. The molecule has 22 heavy (non-hydrogen) atoms. The molecule has 6 heteroatoms. The second-order valence-corrected chi connectivity index (χ2v) is 5.22. The molecular weight excluding hydrogens is 304 g/mol. The molecule has 1 aliphatic rings. The monoisotopic (exact) mass is 328 g/mol. The van der Waals surface area contributed by atoms with Crippen LogP contribution in [-0.4, -0.2) is 39.3 Å². The van der Waals surface area contributed by atoms with E-state index in [-0.39, 0.29) is 24.4 Å². The van der Waals surface area contributed by atoms with Crippen molar-refractivity contribution >= 4 is 18.3 Å². The Balaban J connectivity index is 0.00000242. The van der Waals surface area contributed by atoms with Crippen molar-refractivity contribution in [3.05, 3.63) is 23.8 Å². The minimum Gasteiger partial charge on any atom is -0.497 e. The van der Waals surface area contributed by atoms with Crippen LogP contribution in [0.3, 0.4) is 0 Å². The van der Waals surface area contributed by atoms with Crippen LogP contribution >= 0.6 is 12.4 Å². The Hall–Kier alpha value is -1.46. The van der Waals surface area contributed by atoms with Crippen molar-refractivity contribution in [2.24, 2.45) is 0 Å². The Labute approximate surface area is 138 Å². The van der Waals surface area contributed by atoms with Crippen molar-refractivity contribution in [1.29, 1.82) is 0 Å². The number of hydrogen-bond acceptors (Lipinski definition) is 4. The van der Waals surface area contributed by atoms with Gasteiger partial charge < -0.3 is 20.1 Å². The average Bonchev–Trinajstić information content (AvgIpc) is 2.55. The van der Waals surface area contributed by atoms with Gasteiger partial charge in [0.15, 0.2) is 0 Å². The lowest BCUT2D eigenvalue weighted by atomic mass is 10.0. The van der Waals surface area contributed by atoms with Crippen molar-refractivity contribution in [3.8, 4) is 11.5 Å². The Bertz CT molecular complexity index is 476. The molecule has 0 saturated carbocycles. The summed E-state index contributed by atoms with van der Waals surface area (Å²) in [5.41, 5.74) is 1.04. The second kappa shape index (κ2) is 9.54. The number of carbonyl (C=O) groups excluding carboxylic acids is 1. The van der Waals surface area contributed by atoms with E-state index >= 15 is 0 Å². The van der Waals surface area contributed by atoms with E-state index in [2.05, 4.69) is 10.6 Å². The van der Waals surface area contributed by atoms with Gasteiger partial charge in [0.25, 0.3) is 0 Å². The summed E-state index contributed by atoms with van der Waals surface area (Å²) in [7, 11) is 3.29. The van der Waals surface area contributed by atoms with E-state index < -0.39 is 0 Å². The lowest BCUT2D eigenvalue weighted by molar-refractivity contribution is -0.123. The van der Waals surface area contributed by atoms with Crippen molar-refractivity contribution in [1.82, 2.24) is 10.6 Å². The first-order valence-electron chi connectivity index (χ1n) is 7.46. The number of methoxy groups -OCH3 is 2. The number of nitrogens with one attached hydrogen (secondary N) is 2. The maximum Gasteiger partial charge on any atom is 0.237 e. The Morgan fingerprint density at radius 1 is 1.32 bits per heavy atom. The van der Waals surface area contributed by atoms with Gasteiger partial charge in [-0.25, -0.2) is 0 Å². The highest BCUT2D eigenvalue weighted by atomic mass is 35.5. The standard InChI is InChI=1S/C16H24N2O3.ClH/c1-20-13-6-7-15(21-2)12(11-13)8-10-18-16(19)14-5-3-4-9-17-14;/h6-7,11,14,17H,3-5,8-10H2,1-2H3,(H,18,19);1H. The summed E-state index contributed by atoms with van der Waals surface area (Å²) in [5.74, 6) is 1.71. The average molecular weight is 329 g/mol. The van der Waals surface area contributed by atoms with Gasteiger partial charge in [0.05, 0.1) is 20.3 Å². The number of ether oxygens (including phenoxy) is 2. The molecule has 1 heterocycles. The van der Waals surface area contributed by atoms with Crippen LogP contribution in [0.2, 0.25) is 0 Å². The normalized spacial score (nSPS) is 17.3. The maximum atomic E-state index is 12.0. The van der Waals surface area contributed by atoms with Crippen LogP contribution in [-0.2, 0) is 11.2 Å². The molecule has 0 aromatic heterocycles. The molecule has 1 amide bonds. The van der Waals surface area contributed by atoms with Crippen LogP contribution in [0.25, 0.3) is 0 Å². The van der Waals surface area contributed by atoms with Gasteiger partial charge in [-0.2, -0.15) is 0 Å². The fourth-order valence-corrected chi connectivity index (χ4v) is 2.60. The number of piperidine rings is 1. The number of rotatable bonds is 6. The first-order valence-corrected chi connectivity index (χ1v) is 7.46. The highest BCUT2D eigenvalue weighted by Crippen LogP contribution is 2.24. The molecule has 0 bridgehead atoms. The third kappa shape index (κ3) is 5.07. The first-order chi connectivity index (χ1) is 10.2. The zero-order valence-corrected chi connectivity index (χ0v) is 14.0. The van der Waals surface area contributed by atoms with E-state index in [4.69, 9.17) is 9.47 Å². The summed E-state index contributed by atoms with van der Waals surface area (Å²) < 4.78 is 10.6. The van der Waals surface area contributed by atoms with Crippen molar-refractivity contribution in [2.45, 2.75) is 31.7 Å². The molecular formula is C16H25ClN2O3. The summed E-state index contributed by atoms with van der Waals surface area (Å²) in [5, 5.41) is 6.24. The molecule has 0 radical (unpaired) electrons. The molecule has 1 aromatic carbocycles. The number of hydrogen-bond donors (Lipinski definition) is 2. The summed E-state index contributed by atoms with van der Waals surface area (Å²) >= 11 is 0. The molecule has 0 aliphatic carbocycles. The zero-order chi connectivity index (χ0) is 15.1. The summed E-state index contributed by atoms with van der Waals surface area (Å²) in [6.45, 7) is 1.53. The van der Waals surface area contributed by atoms with Gasteiger partial charge in [-0.15, -0.1) is 12.4 Å². The number of halogens is 1. The highest BCUT2D eigenvalue weighted by Gasteiger charge is 2.19. The van der Waals surface area contributed by atoms with E-state index in [1.165, 1.54) is 0 Å². The molecule has 0 spiro atoms. The van der Waals surface area contributed by atoms with Gasteiger partial charge >= 0.3 is 0 Å². The van der Waals surface area contributed by atoms with E-state index in [0.29, 0.717) is 6.54 Å². The summed E-state index contributed by atoms with van der Waals surface area (Å²) in [6, 6.07) is 5.67. The largest absolute Gasteiger partial charge is 0.497 e. The zero-order valence-electron chi connectivity index (χ0n) is 13.2. The predicted octanol–water partition coefficient (Wildman–Crippen LogP) is 1.93. The summed E-state index contributed by atoms with van der Waals surface area (Å²) in [4.78, 5) is 12.0. The van der Waals surface area contributed by atoms with Crippen LogP contribution < -0.4 is 20.1 Å². The van der Waals surface area contributed by atoms with E-state index in [0.717, 1.165) is 49.3 Å². The molecule has 1 saturated heterocycles. The Morgan fingerprint density at radius 3 is 2.77 bits per heavy atom. The SMILES string of the molecule is COc1ccc(OC)c(CCNC(=O)C2CCCCN2)c1.Cl. The van der Waals surface area contributed by atoms with Gasteiger partial charge in [0.2, 0.25) is 5.91 Å². The molecule has 1 aromatic rings. The van der Waals surface area contributed by atoms with Crippen LogP contribution in [0.5, 0.6) is 11.5 Å². The smallest absolute Gasteiger partial charge is 0.237 e. The molecule has 1 atom stereocenters. The van der Waals surface area contributed by atoms with Gasteiger partial charge in [-0.05, 0) is 49.6 Å². The van der Waals surface area contributed by atoms with Crippen molar-refractivity contribution < 1.29 is 14.3 Å². The fourth-order valence-electron chi connectivity index (χ4n) is 2.60. The van der Waals surface area contributed by atoms with E-state index in [9.17, 15) is 4.79 Å². The molecule has 1 fully saturated rings. The molecule has 2 N–H and O–H groups in total. The van der Waals surface area contributed by atoms with Crippen LogP contribution in [0.4, 0.5) is 0 Å². The van der Waals surface area contributed by atoms with Crippen molar-refractivity contribution in [2.75, 3.05) is 27.3 Å². The number of amides is 1.